The minimum atomic E-state index is 0.0818. The molecule has 0 saturated heterocycles. The maximum atomic E-state index is 10.9. The smallest absolute Gasteiger partial charge is 0.151 e. The van der Waals surface area contributed by atoms with E-state index in [1.807, 2.05) is 60.3 Å². The van der Waals surface area contributed by atoms with Crippen molar-refractivity contribution >= 4 is 11.5 Å². The van der Waals surface area contributed by atoms with Gasteiger partial charge < -0.3 is 4.57 Å². The SMILES string of the molecule is CC(=O)CN=C(C)c1ccc(-n2cccc2)cc1. The molecule has 0 fully saturated rings. The van der Waals surface area contributed by atoms with Crippen LogP contribution in [0, 0.1) is 0 Å². The average Bonchev–Trinajstić information content (AvgIpc) is 2.90. The Balaban J connectivity index is 2.17. The van der Waals surface area contributed by atoms with Gasteiger partial charge in [-0.05, 0) is 43.7 Å². The summed E-state index contributed by atoms with van der Waals surface area (Å²) < 4.78 is 2.05. The van der Waals surface area contributed by atoms with E-state index in [2.05, 4.69) is 4.99 Å². The standard InChI is InChI=1S/C15H16N2O/c1-12(18)11-16-13(2)14-5-7-15(8-6-14)17-9-3-4-10-17/h3-10H,11H2,1-2H3. The van der Waals surface area contributed by atoms with Crippen molar-refractivity contribution in [3.63, 3.8) is 0 Å². The number of Topliss-reactive ketones (excluding diaryl/α,β-unsaturated/α-hetero) is 1. The highest BCUT2D eigenvalue weighted by molar-refractivity contribution is 5.99. The molecule has 3 heteroatoms. The highest BCUT2D eigenvalue weighted by atomic mass is 16.1. The number of aromatic nitrogens is 1. The first kappa shape index (κ1) is 12.3. The third-order valence-corrected chi connectivity index (χ3v) is 2.73. The van der Waals surface area contributed by atoms with Gasteiger partial charge in [0.2, 0.25) is 0 Å². The molecule has 1 aromatic heterocycles. The van der Waals surface area contributed by atoms with Crippen molar-refractivity contribution in [2.45, 2.75) is 13.8 Å². The second kappa shape index (κ2) is 5.45. The molecule has 0 aliphatic heterocycles. The predicted molar refractivity (Wildman–Crippen MR) is 73.5 cm³/mol. The number of hydrogen-bond donors (Lipinski definition) is 0. The van der Waals surface area contributed by atoms with Gasteiger partial charge in [0.1, 0.15) is 0 Å². The molecule has 3 nitrogen and oxygen atoms in total. The van der Waals surface area contributed by atoms with Crippen LogP contribution in [0.2, 0.25) is 0 Å². The molecule has 0 N–H and O–H groups in total. The van der Waals surface area contributed by atoms with E-state index in [0.29, 0.717) is 0 Å². The van der Waals surface area contributed by atoms with Gasteiger partial charge in [0, 0.05) is 23.8 Å². The van der Waals surface area contributed by atoms with E-state index in [-0.39, 0.29) is 12.3 Å². The first-order chi connectivity index (χ1) is 8.66. The summed E-state index contributed by atoms with van der Waals surface area (Å²) in [5, 5.41) is 0. The van der Waals surface area contributed by atoms with Crippen molar-refractivity contribution in [3.8, 4) is 5.69 Å². The monoisotopic (exact) mass is 240 g/mol. The number of aliphatic imine (C=N–C) groups is 1. The number of carbonyl (C=O) groups is 1. The predicted octanol–water partition coefficient (Wildman–Crippen LogP) is 2.88. The van der Waals surface area contributed by atoms with Crippen molar-refractivity contribution in [1.82, 2.24) is 4.57 Å². The largest absolute Gasteiger partial charge is 0.324 e. The zero-order chi connectivity index (χ0) is 13.0. The highest BCUT2D eigenvalue weighted by Crippen LogP contribution is 2.10. The van der Waals surface area contributed by atoms with Crippen LogP contribution in [0.1, 0.15) is 19.4 Å². The maximum Gasteiger partial charge on any atom is 0.151 e. The van der Waals surface area contributed by atoms with Crippen LogP contribution < -0.4 is 0 Å². The minimum Gasteiger partial charge on any atom is -0.324 e. The Kier molecular flexibility index (Phi) is 3.72. The molecule has 0 aliphatic carbocycles. The molecule has 0 bridgehead atoms. The minimum absolute atomic E-state index is 0.0818. The van der Waals surface area contributed by atoms with Gasteiger partial charge in [0.25, 0.3) is 0 Å². The van der Waals surface area contributed by atoms with Crippen LogP contribution in [0.3, 0.4) is 0 Å². The lowest BCUT2D eigenvalue weighted by molar-refractivity contribution is -0.115. The molecule has 92 valence electrons. The molecule has 0 unspecified atom stereocenters. The fraction of sp³-hybridized carbons (Fsp3) is 0.200. The normalized spacial score (nSPS) is 11.6. The molecule has 0 spiro atoms. The zero-order valence-electron chi connectivity index (χ0n) is 10.6. The average molecular weight is 240 g/mol. The molecule has 18 heavy (non-hydrogen) atoms. The Bertz CT molecular complexity index is 551. The highest BCUT2D eigenvalue weighted by Gasteiger charge is 1.99. The number of ketones is 1. The first-order valence-corrected chi connectivity index (χ1v) is 5.91. The van der Waals surface area contributed by atoms with E-state index in [4.69, 9.17) is 0 Å². The summed E-state index contributed by atoms with van der Waals surface area (Å²) in [5.74, 6) is 0.0818. The molecule has 1 heterocycles. The molecule has 0 atom stereocenters. The quantitative estimate of drug-likeness (QED) is 0.757. The molecule has 1 aromatic carbocycles. The van der Waals surface area contributed by atoms with Crippen LogP contribution in [0.25, 0.3) is 5.69 Å². The molecule has 2 rings (SSSR count). The Morgan fingerprint density at radius 1 is 1.11 bits per heavy atom. The van der Waals surface area contributed by atoms with Crippen molar-refractivity contribution in [2.75, 3.05) is 6.54 Å². The fourth-order valence-electron chi connectivity index (χ4n) is 1.70. The number of hydrogen-bond acceptors (Lipinski definition) is 2. The number of rotatable bonds is 4. The van der Waals surface area contributed by atoms with Crippen LogP contribution in [-0.4, -0.2) is 22.6 Å². The lowest BCUT2D eigenvalue weighted by Crippen LogP contribution is -2.01. The number of carbonyl (C=O) groups excluding carboxylic acids is 1. The summed E-state index contributed by atoms with van der Waals surface area (Å²) in [5.41, 5.74) is 3.06. The van der Waals surface area contributed by atoms with Crippen molar-refractivity contribution in [1.29, 1.82) is 0 Å². The van der Waals surface area contributed by atoms with Gasteiger partial charge in [-0.3, -0.25) is 9.79 Å². The van der Waals surface area contributed by atoms with E-state index >= 15 is 0 Å². The van der Waals surface area contributed by atoms with E-state index in [0.717, 1.165) is 17.0 Å². The van der Waals surface area contributed by atoms with Gasteiger partial charge in [-0.15, -0.1) is 0 Å². The van der Waals surface area contributed by atoms with Gasteiger partial charge in [0.05, 0.1) is 6.54 Å². The van der Waals surface area contributed by atoms with Crippen LogP contribution in [0.5, 0.6) is 0 Å². The van der Waals surface area contributed by atoms with Gasteiger partial charge in [0.15, 0.2) is 5.78 Å². The summed E-state index contributed by atoms with van der Waals surface area (Å²) in [6, 6.07) is 12.1. The van der Waals surface area contributed by atoms with Gasteiger partial charge in [-0.1, -0.05) is 12.1 Å². The second-order valence-electron chi connectivity index (χ2n) is 4.24. The van der Waals surface area contributed by atoms with Crippen molar-refractivity contribution in [2.24, 2.45) is 4.99 Å². The Morgan fingerprint density at radius 2 is 1.72 bits per heavy atom. The lowest BCUT2D eigenvalue weighted by Gasteiger charge is -2.05. The molecule has 0 aliphatic rings. The van der Waals surface area contributed by atoms with Crippen LogP contribution >= 0.6 is 0 Å². The van der Waals surface area contributed by atoms with Crippen LogP contribution in [-0.2, 0) is 4.79 Å². The van der Waals surface area contributed by atoms with E-state index in [9.17, 15) is 4.79 Å². The van der Waals surface area contributed by atoms with Gasteiger partial charge >= 0.3 is 0 Å². The zero-order valence-corrected chi connectivity index (χ0v) is 10.6. The second-order valence-corrected chi connectivity index (χ2v) is 4.24. The van der Waals surface area contributed by atoms with Crippen molar-refractivity contribution in [3.05, 3.63) is 54.4 Å². The van der Waals surface area contributed by atoms with E-state index in [1.165, 1.54) is 0 Å². The van der Waals surface area contributed by atoms with Crippen LogP contribution in [0.15, 0.2) is 53.8 Å². The van der Waals surface area contributed by atoms with Gasteiger partial charge in [-0.2, -0.15) is 0 Å². The molecule has 0 radical (unpaired) electrons. The summed E-state index contributed by atoms with van der Waals surface area (Å²) >= 11 is 0. The summed E-state index contributed by atoms with van der Waals surface area (Å²) in [6.07, 6.45) is 4.01. The van der Waals surface area contributed by atoms with Crippen LogP contribution in [0.4, 0.5) is 0 Å². The van der Waals surface area contributed by atoms with E-state index < -0.39 is 0 Å². The molecule has 0 saturated carbocycles. The summed E-state index contributed by atoms with van der Waals surface area (Å²) in [7, 11) is 0. The van der Waals surface area contributed by atoms with Crippen molar-refractivity contribution < 1.29 is 4.79 Å². The fourth-order valence-corrected chi connectivity index (χ4v) is 1.70. The first-order valence-electron chi connectivity index (χ1n) is 5.91. The molecule has 0 amide bonds. The molecular weight excluding hydrogens is 224 g/mol. The molecular formula is C15H16N2O. The Labute approximate surface area is 107 Å². The van der Waals surface area contributed by atoms with Gasteiger partial charge in [-0.25, -0.2) is 0 Å². The maximum absolute atomic E-state index is 10.9. The topological polar surface area (TPSA) is 34.4 Å². The lowest BCUT2D eigenvalue weighted by atomic mass is 10.1. The summed E-state index contributed by atoms with van der Waals surface area (Å²) in [4.78, 5) is 15.1. The third kappa shape index (κ3) is 2.94. The molecule has 2 aromatic rings. The van der Waals surface area contributed by atoms with E-state index in [1.54, 1.807) is 6.92 Å². The number of benzene rings is 1. The Morgan fingerprint density at radius 3 is 2.28 bits per heavy atom. The third-order valence-electron chi connectivity index (χ3n) is 2.73. The Hall–Kier alpha value is -2.16. The summed E-state index contributed by atoms with van der Waals surface area (Å²) in [6.45, 7) is 3.73. The number of nitrogens with zero attached hydrogens (tertiary/aromatic N) is 2.